The van der Waals surface area contributed by atoms with Gasteiger partial charge in [0.2, 0.25) is 0 Å². The Balaban J connectivity index is 2.73. The molecular formula is C13H18F7NO3. The van der Waals surface area contributed by atoms with E-state index in [1.54, 1.807) is 4.90 Å². The summed E-state index contributed by atoms with van der Waals surface area (Å²) in [5.74, 6) is -10.8. The number of morpholine rings is 1. The molecule has 1 fully saturated rings. The number of carbonyl (C=O) groups excluding carboxylic acids is 1. The van der Waals surface area contributed by atoms with Crippen molar-refractivity contribution in [3.05, 3.63) is 0 Å². The third-order valence-corrected chi connectivity index (χ3v) is 3.32. The van der Waals surface area contributed by atoms with Crippen molar-refractivity contribution in [2.45, 2.75) is 43.9 Å². The number of esters is 1. The van der Waals surface area contributed by atoms with Crippen LogP contribution in [-0.4, -0.2) is 67.8 Å². The highest BCUT2D eigenvalue weighted by atomic mass is 19.4. The van der Waals surface area contributed by atoms with Crippen LogP contribution in [0.1, 0.15) is 19.8 Å². The number of hydrogen-bond donors (Lipinski definition) is 0. The molecule has 11 heteroatoms. The average Bonchev–Trinajstić information content (AvgIpc) is 2.35. The van der Waals surface area contributed by atoms with Crippen LogP contribution >= 0.6 is 0 Å². The van der Waals surface area contributed by atoms with Gasteiger partial charge in [-0.25, -0.2) is 8.78 Å². The van der Waals surface area contributed by atoms with Gasteiger partial charge in [0, 0.05) is 33.0 Å². The third kappa shape index (κ3) is 6.80. The zero-order valence-electron chi connectivity index (χ0n) is 12.8. The van der Waals surface area contributed by atoms with Crippen LogP contribution in [0.3, 0.4) is 0 Å². The van der Waals surface area contributed by atoms with E-state index in [2.05, 4.69) is 4.74 Å². The maximum atomic E-state index is 13.7. The zero-order chi connectivity index (χ0) is 18.6. The second-order valence-electron chi connectivity index (χ2n) is 5.58. The Labute approximate surface area is 133 Å². The summed E-state index contributed by atoms with van der Waals surface area (Å²) in [4.78, 5) is 12.6. The van der Waals surface area contributed by atoms with Crippen molar-refractivity contribution in [3.63, 3.8) is 0 Å². The highest BCUT2D eigenvalue weighted by molar-refractivity contribution is 5.66. The summed E-state index contributed by atoms with van der Waals surface area (Å²) in [6.07, 6.45) is -11.7. The van der Waals surface area contributed by atoms with Gasteiger partial charge in [-0.2, -0.15) is 22.0 Å². The minimum Gasteiger partial charge on any atom is -0.461 e. The second-order valence-corrected chi connectivity index (χ2v) is 5.58. The van der Waals surface area contributed by atoms with Crippen molar-refractivity contribution in [2.24, 2.45) is 0 Å². The molecule has 4 nitrogen and oxygen atoms in total. The van der Waals surface area contributed by atoms with E-state index in [1.807, 2.05) is 0 Å². The monoisotopic (exact) mass is 369 g/mol. The Morgan fingerprint density at radius 3 is 2.12 bits per heavy atom. The molecule has 1 aliphatic heterocycles. The number of nitrogens with zero attached hydrogens (tertiary/aromatic N) is 1. The first kappa shape index (κ1) is 20.9. The maximum absolute atomic E-state index is 13.7. The molecule has 1 rings (SSSR count). The van der Waals surface area contributed by atoms with E-state index in [-0.39, 0.29) is 6.54 Å². The molecule has 1 saturated heterocycles. The summed E-state index contributed by atoms with van der Waals surface area (Å²) in [5.41, 5.74) is 0. The number of alkyl halides is 7. The normalized spacial score (nSPS) is 19.2. The standard InChI is InChI=1S/C13H18F7NO3/c1-9(22)24-10(7-21-2-4-23-5-3-21)6-11(14,15)8-12(16,17)13(18,19)20/h10H,2-8H2,1H3. The molecule has 142 valence electrons. The highest BCUT2D eigenvalue weighted by Crippen LogP contribution is 2.44. The molecule has 0 aromatic heterocycles. The molecule has 1 unspecified atom stereocenters. The van der Waals surface area contributed by atoms with E-state index in [1.165, 1.54) is 0 Å². The molecule has 24 heavy (non-hydrogen) atoms. The Kier molecular flexibility index (Phi) is 6.85. The number of halogens is 7. The average molecular weight is 369 g/mol. The van der Waals surface area contributed by atoms with Crippen LogP contribution in [0, 0.1) is 0 Å². The second kappa shape index (κ2) is 7.85. The van der Waals surface area contributed by atoms with Gasteiger partial charge in [0.15, 0.2) is 0 Å². The molecule has 0 radical (unpaired) electrons. The van der Waals surface area contributed by atoms with Crippen LogP contribution in [0.4, 0.5) is 30.7 Å². The van der Waals surface area contributed by atoms with Gasteiger partial charge in [-0.1, -0.05) is 0 Å². The molecule has 0 N–H and O–H groups in total. The lowest BCUT2D eigenvalue weighted by atomic mass is 10.0. The molecule has 1 atom stereocenters. The maximum Gasteiger partial charge on any atom is 0.453 e. The number of ether oxygens (including phenoxy) is 2. The van der Waals surface area contributed by atoms with Crippen molar-refractivity contribution in [3.8, 4) is 0 Å². The Hall–Kier alpha value is -1.10. The van der Waals surface area contributed by atoms with Gasteiger partial charge in [0.25, 0.3) is 5.92 Å². The molecule has 0 spiro atoms. The van der Waals surface area contributed by atoms with Gasteiger partial charge < -0.3 is 9.47 Å². The summed E-state index contributed by atoms with van der Waals surface area (Å²) >= 11 is 0. The largest absolute Gasteiger partial charge is 0.461 e. The summed E-state index contributed by atoms with van der Waals surface area (Å²) in [5, 5.41) is 0. The van der Waals surface area contributed by atoms with Crippen LogP contribution in [0.2, 0.25) is 0 Å². The van der Waals surface area contributed by atoms with Gasteiger partial charge >= 0.3 is 18.1 Å². The van der Waals surface area contributed by atoms with E-state index >= 15 is 0 Å². The first-order valence-corrected chi connectivity index (χ1v) is 7.12. The van der Waals surface area contributed by atoms with E-state index < -0.39 is 42.9 Å². The van der Waals surface area contributed by atoms with Gasteiger partial charge in [-0.15, -0.1) is 0 Å². The summed E-state index contributed by atoms with van der Waals surface area (Å²) in [6, 6.07) is 0. The SMILES string of the molecule is CC(=O)OC(CN1CCOCC1)CC(F)(F)CC(F)(F)C(F)(F)F. The quantitative estimate of drug-likeness (QED) is 0.511. The molecule has 1 heterocycles. The van der Waals surface area contributed by atoms with Crippen LogP contribution < -0.4 is 0 Å². The Morgan fingerprint density at radius 2 is 1.67 bits per heavy atom. The molecule has 1 aliphatic rings. The minimum absolute atomic E-state index is 0.198. The van der Waals surface area contributed by atoms with Crippen LogP contribution in [-0.2, 0) is 14.3 Å². The van der Waals surface area contributed by atoms with Crippen molar-refractivity contribution >= 4 is 5.97 Å². The van der Waals surface area contributed by atoms with Crippen molar-refractivity contribution in [1.82, 2.24) is 4.90 Å². The first-order chi connectivity index (χ1) is 10.8. The fourth-order valence-electron chi connectivity index (χ4n) is 2.28. The predicted molar refractivity (Wildman–Crippen MR) is 68.0 cm³/mol. The van der Waals surface area contributed by atoms with E-state index in [9.17, 15) is 35.5 Å². The molecule has 0 aliphatic carbocycles. The predicted octanol–water partition coefficient (Wildman–Crippen LogP) is 2.86. The van der Waals surface area contributed by atoms with Gasteiger partial charge in [0.1, 0.15) is 6.10 Å². The fourth-order valence-corrected chi connectivity index (χ4v) is 2.28. The van der Waals surface area contributed by atoms with Crippen LogP contribution in [0.15, 0.2) is 0 Å². The van der Waals surface area contributed by atoms with Gasteiger partial charge in [-0.3, -0.25) is 9.69 Å². The Bertz CT molecular complexity index is 422. The Morgan fingerprint density at radius 1 is 1.12 bits per heavy atom. The smallest absolute Gasteiger partial charge is 0.453 e. The van der Waals surface area contributed by atoms with E-state index in [4.69, 9.17) is 4.74 Å². The highest BCUT2D eigenvalue weighted by Gasteiger charge is 2.61. The molecule has 0 aromatic rings. The van der Waals surface area contributed by atoms with Crippen LogP contribution in [0.25, 0.3) is 0 Å². The summed E-state index contributed by atoms with van der Waals surface area (Å²) < 4.78 is 99.1. The van der Waals surface area contributed by atoms with Gasteiger partial charge in [0.05, 0.1) is 19.6 Å². The molecule has 0 amide bonds. The lowest BCUT2D eigenvalue weighted by molar-refractivity contribution is -0.302. The summed E-state index contributed by atoms with van der Waals surface area (Å²) in [7, 11) is 0. The number of carbonyl (C=O) groups is 1. The third-order valence-electron chi connectivity index (χ3n) is 3.32. The first-order valence-electron chi connectivity index (χ1n) is 7.12. The van der Waals surface area contributed by atoms with E-state index in [0.717, 1.165) is 6.92 Å². The van der Waals surface area contributed by atoms with Crippen molar-refractivity contribution in [1.29, 1.82) is 0 Å². The van der Waals surface area contributed by atoms with Gasteiger partial charge in [-0.05, 0) is 0 Å². The lowest BCUT2D eigenvalue weighted by Gasteiger charge is -2.32. The van der Waals surface area contributed by atoms with Crippen molar-refractivity contribution < 1.29 is 45.0 Å². The molecule has 0 aromatic carbocycles. The molecule has 0 bridgehead atoms. The summed E-state index contributed by atoms with van der Waals surface area (Å²) in [6.45, 7) is 2.07. The van der Waals surface area contributed by atoms with E-state index in [0.29, 0.717) is 26.3 Å². The fraction of sp³-hybridized carbons (Fsp3) is 0.923. The topological polar surface area (TPSA) is 38.8 Å². The molecular weight excluding hydrogens is 351 g/mol. The molecule has 0 saturated carbocycles. The number of hydrogen-bond acceptors (Lipinski definition) is 4. The lowest BCUT2D eigenvalue weighted by Crippen LogP contribution is -2.46. The minimum atomic E-state index is -6.07. The zero-order valence-corrected chi connectivity index (χ0v) is 12.8. The van der Waals surface area contributed by atoms with Crippen LogP contribution in [0.5, 0.6) is 0 Å². The van der Waals surface area contributed by atoms with Crippen molar-refractivity contribution in [2.75, 3.05) is 32.8 Å². The number of rotatable bonds is 7.